The fourth-order valence-electron chi connectivity index (χ4n) is 3.09. The van der Waals surface area contributed by atoms with Gasteiger partial charge in [-0.1, -0.05) is 43.7 Å². The van der Waals surface area contributed by atoms with Crippen molar-refractivity contribution in [2.24, 2.45) is 0 Å². The third-order valence-corrected chi connectivity index (χ3v) is 4.71. The molecule has 8 heteroatoms. The Hall–Kier alpha value is -2.32. The Morgan fingerprint density at radius 1 is 1.22 bits per heavy atom. The summed E-state index contributed by atoms with van der Waals surface area (Å²) in [5.41, 5.74) is 1.13. The molecule has 0 spiro atoms. The van der Waals surface area contributed by atoms with E-state index in [0.717, 1.165) is 57.1 Å². The minimum Gasteiger partial charge on any atom is -0.379 e. The number of aromatic nitrogens is 4. The SMILES string of the molecule is CCCCN(Cc1ccccc1)C(=O)Cn1nnnc1CN1CCOCC1. The molecule has 0 saturated carbocycles. The number of carbonyl (C=O) groups is 1. The van der Waals surface area contributed by atoms with Gasteiger partial charge in [-0.2, -0.15) is 0 Å². The number of amides is 1. The number of benzene rings is 1. The van der Waals surface area contributed by atoms with Crippen LogP contribution in [-0.2, 0) is 29.2 Å². The van der Waals surface area contributed by atoms with Crippen LogP contribution >= 0.6 is 0 Å². The summed E-state index contributed by atoms with van der Waals surface area (Å²) < 4.78 is 7.01. The molecule has 0 radical (unpaired) electrons. The molecule has 1 aromatic heterocycles. The molecule has 1 fully saturated rings. The van der Waals surface area contributed by atoms with Gasteiger partial charge in [0.1, 0.15) is 6.54 Å². The van der Waals surface area contributed by atoms with E-state index in [1.54, 1.807) is 4.68 Å². The first-order valence-electron chi connectivity index (χ1n) is 9.63. The van der Waals surface area contributed by atoms with Crippen LogP contribution in [0, 0.1) is 0 Å². The molecule has 0 bridgehead atoms. The molecular formula is C19H28N6O2. The molecule has 0 atom stereocenters. The predicted octanol–water partition coefficient (Wildman–Crippen LogP) is 1.33. The average Bonchev–Trinajstić information content (AvgIpc) is 3.13. The fourth-order valence-corrected chi connectivity index (χ4v) is 3.09. The number of nitrogens with zero attached hydrogens (tertiary/aromatic N) is 6. The lowest BCUT2D eigenvalue weighted by molar-refractivity contribution is -0.132. The van der Waals surface area contributed by atoms with Crippen molar-refractivity contribution in [1.82, 2.24) is 30.0 Å². The second-order valence-corrected chi connectivity index (χ2v) is 6.80. The van der Waals surface area contributed by atoms with Gasteiger partial charge in [-0.25, -0.2) is 4.68 Å². The summed E-state index contributed by atoms with van der Waals surface area (Å²) in [5.74, 6) is 0.767. The van der Waals surface area contributed by atoms with Crippen LogP contribution in [0.2, 0.25) is 0 Å². The topological polar surface area (TPSA) is 76.4 Å². The Labute approximate surface area is 160 Å². The summed E-state index contributed by atoms with van der Waals surface area (Å²) in [6, 6.07) is 10.1. The van der Waals surface area contributed by atoms with Crippen LogP contribution in [0.3, 0.4) is 0 Å². The number of hydrogen-bond acceptors (Lipinski definition) is 6. The zero-order valence-electron chi connectivity index (χ0n) is 16.0. The first-order chi connectivity index (χ1) is 13.3. The highest BCUT2D eigenvalue weighted by atomic mass is 16.5. The van der Waals surface area contributed by atoms with Crippen molar-refractivity contribution in [3.05, 3.63) is 41.7 Å². The molecule has 146 valence electrons. The van der Waals surface area contributed by atoms with Gasteiger partial charge in [0.15, 0.2) is 5.82 Å². The first kappa shape index (κ1) is 19.4. The van der Waals surface area contributed by atoms with Crippen molar-refractivity contribution in [3.8, 4) is 0 Å². The van der Waals surface area contributed by atoms with Crippen molar-refractivity contribution in [2.75, 3.05) is 32.8 Å². The highest BCUT2D eigenvalue weighted by Crippen LogP contribution is 2.09. The van der Waals surface area contributed by atoms with Crippen LogP contribution in [0.15, 0.2) is 30.3 Å². The largest absolute Gasteiger partial charge is 0.379 e. The van der Waals surface area contributed by atoms with Gasteiger partial charge in [-0.05, 0) is 22.4 Å². The van der Waals surface area contributed by atoms with Crippen molar-refractivity contribution < 1.29 is 9.53 Å². The maximum atomic E-state index is 12.9. The van der Waals surface area contributed by atoms with Crippen LogP contribution in [0.25, 0.3) is 0 Å². The molecule has 1 amide bonds. The first-order valence-corrected chi connectivity index (χ1v) is 9.63. The van der Waals surface area contributed by atoms with E-state index < -0.39 is 0 Å². The summed E-state index contributed by atoms with van der Waals surface area (Å²) in [5, 5.41) is 11.9. The molecule has 0 aliphatic carbocycles. The predicted molar refractivity (Wildman–Crippen MR) is 101 cm³/mol. The molecule has 1 aliphatic rings. The highest BCUT2D eigenvalue weighted by Gasteiger charge is 2.19. The Morgan fingerprint density at radius 3 is 2.74 bits per heavy atom. The summed E-state index contributed by atoms with van der Waals surface area (Å²) in [4.78, 5) is 17.1. The van der Waals surface area contributed by atoms with E-state index in [9.17, 15) is 4.79 Å². The van der Waals surface area contributed by atoms with Crippen LogP contribution in [0.4, 0.5) is 0 Å². The molecule has 8 nitrogen and oxygen atoms in total. The maximum absolute atomic E-state index is 12.9. The summed E-state index contributed by atoms with van der Waals surface area (Å²) >= 11 is 0. The van der Waals surface area contributed by atoms with Gasteiger partial charge in [0.2, 0.25) is 5.91 Å². The van der Waals surface area contributed by atoms with Crippen molar-refractivity contribution >= 4 is 5.91 Å². The smallest absolute Gasteiger partial charge is 0.244 e. The molecule has 3 rings (SSSR count). The van der Waals surface area contributed by atoms with E-state index in [4.69, 9.17) is 4.74 Å². The van der Waals surface area contributed by atoms with E-state index >= 15 is 0 Å². The average molecular weight is 372 g/mol. The summed E-state index contributed by atoms with van der Waals surface area (Å²) in [6.07, 6.45) is 2.03. The molecule has 0 unspecified atom stereocenters. The lowest BCUT2D eigenvalue weighted by atomic mass is 10.2. The summed E-state index contributed by atoms with van der Waals surface area (Å²) in [7, 11) is 0. The fraction of sp³-hybridized carbons (Fsp3) is 0.579. The standard InChI is InChI=1S/C19H28N6O2/c1-2-3-9-24(14-17-7-5-4-6-8-17)19(26)16-25-18(20-21-22-25)15-23-10-12-27-13-11-23/h4-8H,2-3,9-16H2,1H3. The second kappa shape index (κ2) is 10.1. The quantitative estimate of drug-likeness (QED) is 0.661. The summed E-state index contributed by atoms with van der Waals surface area (Å²) in [6.45, 7) is 7.46. The highest BCUT2D eigenvalue weighted by molar-refractivity contribution is 5.75. The van der Waals surface area contributed by atoms with Crippen LogP contribution < -0.4 is 0 Å². The van der Waals surface area contributed by atoms with Crippen molar-refractivity contribution in [1.29, 1.82) is 0 Å². The van der Waals surface area contributed by atoms with Crippen LogP contribution in [0.5, 0.6) is 0 Å². The number of rotatable bonds is 9. The number of morpholine rings is 1. The number of ether oxygens (including phenoxy) is 1. The minimum absolute atomic E-state index is 0.0443. The molecule has 27 heavy (non-hydrogen) atoms. The zero-order chi connectivity index (χ0) is 18.9. The number of carbonyl (C=O) groups excluding carboxylic acids is 1. The van der Waals surface area contributed by atoms with Gasteiger partial charge >= 0.3 is 0 Å². The van der Waals surface area contributed by atoms with Crippen LogP contribution in [0.1, 0.15) is 31.2 Å². The third kappa shape index (κ3) is 5.83. The molecule has 1 aliphatic heterocycles. The molecule has 0 N–H and O–H groups in total. The lowest BCUT2D eigenvalue weighted by Gasteiger charge is -2.26. The molecule has 1 aromatic carbocycles. The number of unbranched alkanes of at least 4 members (excludes halogenated alkanes) is 1. The van der Waals surface area contributed by atoms with Gasteiger partial charge < -0.3 is 9.64 Å². The van der Waals surface area contributed by atoms with E-state index in [1.165, 1.54) is 0 Å². The van der Waals surface area contributed by atoms with Crippen LogP contribution in [-0.4, -0.2) is 68.8 Å². The second-order valence-electron chi connectivity index (χ2n) is 6.80. The Bertz CT molecular complexity index is 699. The Balaban J connectivity index is 1.63. The minimum atomic E-state index is 0.0443. The van der Waals surface area contributed by atoms with E-state index in [-0.39, 0.29) is 12.5 Å². The monoisotopic (exact) mass is 372 g/mol. The lowest BCUT2D eigenvalue weighted by Crippen LogP contribution is -2.38. The van der Waals surface area contributed by atoms with Gasteiger partial charge in [-0.3, -0.25) is 9.69 Å². The molecule has 2 heterocycles. The van der Waals surface area contributed by atoms with Crippen molar-refractivity contribution in [3.63, 3.8) is 0 Å². The van der Waals surface area contributed by atoms with Gasteiger partial charge in [0.05, 0.1) is 19.8 Å². The van der Waals surface area contributed by atoms with E-state index in [2.05, 4.69) is 27.3 Å². The zero-order valence-corrected chi connectivity index (χ0v) is 16.0. The van der Waals surface area contributed by atoms with Gasteiger partial charge in [0, 0.05) is 26.2 Å². The Morgan fingerprint density at radius 2 is 2.00 bits per heavy atom. The maximum Gasteiger partial charge on any atom is 0.244 e. The normalized spacial score (nSPS) is 15.0. The van der Waals surface area contributed by atoms with Crippen molar-refractivity contribution in [2.45, 2.75) is 39.4 Å². The van der Waals surface area contributed by atoms with E-state index in [1.807, 2.05) is 35.2 Å². The molecule has 1 saturated heterocycles. The number of hydrogen-bond donors (Lipinski definition) is 0. The molecule has 2 aromatic rings. The van der Waals surface area contributed by atoms with Gasteiger partial charge in [0.25, 0.3) is 0 Å². The van der Waals surface area contributed by atoms with Gasteiger partial charge in [-0.15, -0.1) is 5.10 Å². The Kier molecular flexibility index (Phi) is 7.29. The van der Waals surface area contributed by atoms with E-state index in [0.29, 0.717) is 13.1 Å². The molecular weight excluding hydrogens is 344 g/mol. The number of tetrazole rings is 1. The third-order valence-electron chi connectivity index (χ3n) is 4.71.